The van der Waals surface area contributed by atoms with Gasteiger partial charge >= 0.3 is 0 Å². The zero-order valence-corrected chi connectivity index (χ0v) is 6.21. The lowest BCUT2D eigenvalue weighted by Gasteiger charge is -1.96. The first-order chi connectivity index (χ1) is 4.79. The van der Waals surface area contributed by atoms with Crippen LogP contribution in [0.1, 0.15) is 6.42 Å². The van der Waals surface area contributed by atoms with E-state index in [0.717, 1.165) is 6.54 Å². The minimum absolute atomic E-state index is 0.510. The predicted molar refractivity (Wildman–Crippen MR) is 41.4 cm³/mol. The molecule has 0 aliphatic heterocycles. The van der Waals surface area contributed by atoms with Gasteiger partial charge in [-0.15, -0.1) is 0 Å². The van der Waals surface area contributed by atoms with E-state index in [1.54, 1.807) is 11.0 Å². The number of hydrogen-bond donors (Lipinski definition) is 1. The molecule has 54 valence electrons. The summed E-state index contributed by atoms with van der Waals surface area (Å²) in [7, 11) is 0. The zero-order chi connectivity index (χ0) is 7.40. The second-order valence-electron chi connectivity index (χ2n) is 1.87. The summed E-state index contributed by atoms with van der Waals surface area (Å²) in [6.07, 6.45) is 3.80. The minimum Gasteiger partial charge on any atom is -0.393 e. The molecule has 0 atom stereocenters. The van der Waals surface area contributed by atoms with E-state index in [-0.39, 0.29) is 0 Å². The Bertz CT molecular complexity index is 205. The van der Waals surface area contributed by atoms with E-state index >= 15 is 0 Å². The van der Waals surface area contributed by atoms with Crippen molar-refractivity contribution in [2.24, 2.45) is 5.73 Å². The van der Waals surface area contributed by atoms with Crippen molar-refractivity contribution in [2.45, 2.75) is 13.0 Å². The molecule has 0 amide bonds. The molecule has 1 aromatic heterocycles. The van der Waals surface area contributed by atoms with E-state index in [0.29, 0.717) is 11.4 Å². The molecule has 1 rings (SSSR count). The van der Waals surface area contributed by atoms with Crippen molar-refractivity contribution in [3.8, 4) is 0 Å². The fourth-order valence-corrected chi connectivity index (χ4v) is 0.664. The molecule has 0 unspecified atom stereocenters. The molecule has 1 aromatic rings. The highest BCUT2D eigenvalue weighted by molar-refractivity contribution is 7.80. The fraction of sp³-hybridized carbons (Fsp3) is 0.400. The second-order valence-corrected chi connectivity index (χ2v) is 2.40. The first-order valence-electron chi connectivity index (χ1n) is 2.90. The smallest absolute Gasteiger partial charge is 0.137 e. The van der Waals surface area contributed by atoms with Crippen LogP contribution >= 0.6 is 12.2 Å². The first kappa shape index (κ1) is 7.14. The van der Waals surface area contributed by atoms with Gasteiger partial charge in [0.1, 0.15) is 12.7 Å². The first-order valence-corrected chi connectivity index (χ1v) is 3.30. The third-order valence-electron chi connectivity index (χ3n) is 1.05. The molecule has 0 saturated carbocycles. The van der Waals surface area contributed by atoms with Crippen LogP contribution in [0.15, 0.2) is 12.7 Å². The average molecular weight is 156 g/mol. The molecule has 0 aromatic carbocycles. The Kier molecular flexibility index (Phi) is 2.33. The minimum atomic E-state index is 0.510. The van der Waals surface area contributed by atoms with E-state index < -0.39 is 0 Å². The summed E-state index contributed by atoms with van der Waals surface area (Å²) >= 11 is 4.68. The van der Waals surface area contributed by atoms with Gasteiger partial charge < -0.3 is 5.73 Å². The van der Waals surface area contributed by atoms with E-state index in [9.17, 15) is 0 Å². The molecule has 0 aliphatic carbocycles. The molecule has 5 heteroatoms. The van der Waals surface area contributed by atoms with Crippen LogP contribution in [0.3, 0.4) is 0 Å². The summed E-state index contributed by atoms with van der Waals surface area (Å²) in [4.78, 5) is 4.28. The number of rotatable bonds is 3. The lowest BCUT2D eigenvalue weighted by Crippen LogP contribution is -2.11. The lowest BCUT2D eigenvalue weighted by atomic mass is 10.4. The third kappa shape index (κ3) is 2.10. The molecule has 0 aliphatic rings. The molecule has 2 N–H and O–H groups in total. The number of nitrogens with zero attached hydrogens (tertiary/aromatic N) is 3. The summed E-state index contributed by atoms with van der Waals surface area (Å²) in [6.45, 7) is 0.718. The number of aryl methyl sites for hydroxylation is 1. The Labute approximate surface area is 64.1 Å². The summed E-state index contributed by atoms with van der Waals surface area (Å²) in [5.74, 6) is 0. The van der Waals surface area contributed by atoms with Crippen LogP contribution in [-0.4, -0.2) is 19.8 Å². The monoisotopic (exact) mass is 156 g/mol. The van der Waals surface area contributed by atoms with Crippen molar-refractivity contribution in [3.05, 3.63) is 12.7 Å². The van der Waals surface area contributed by atoms with Crippen LogP contribution in [0.4, 0.5) is 0 Å². The van der Waals surface area contributed by atoms with Gasteiger partial charge in [-0.1, -0.05) is 12.2 Å². The maximum absolute atomic E-state index is 5.28. The van der Waals surface area contributed by atoms with Crippen LogP contribution in [-0.2, 0) is 6.54 Å². The summed E-state index contributed by atoms with van der Waals surface area (Å²) in [6, 6.07) is 0. The maximum Gasteiger partial charge on any atom is 0.137 e. The lowest BCUT2D eigenvalue weighted by molar-refractivity contribution is 0.633. The maximum atomic E-state index is 5.28. The van der Waals surface area contributed by atoms with Crippen molar-refractivity contribution in [1.29, 1.82) is 0 Å². The van der Waals surface area contributed by atoms with Gasteiger partial charge in [0.15, 0.2) is 0 Å². The van der Waals surface area contributed by atoms with Crippen molar-refractivity contribution in [1.82, 2.24) is 14.8 Å². The van der Waals surface area contributed by atoms with Crippen LogP contribution < -0.4 is 5.73 Å². The molecule has 1 heterocycles. The fourth-order valence-electron chi connectivity index (χ4n) is 0.573. The van der Waals surface area contributed by atoms with E-state index in [1.807, 2.05) is 0 Å². The van der Waals surface area contributed by atoms with Gasteiger partial charge in [0.2, 0.25) is 0 Å². The molecule has 0 radical (unpaired) electrons. The molecule has 0 bridgehead atoms. The Morgan fingerprint density at radius 2 is 2.50 bits per heavy atom. The zero-order valence-electron chi connectivity index (χ0n) is 5.40. The quantitative estimate of drug-likeness (QED) is 0.624. The Morgan fingerprint density at radius 3 is 3.00 bits per heavy atom. The van der Waals surface area contributed by atoms with E-state index in [2.05, 4.69) is 22.3 Å². The largest absolute Gasteiger partial charge is 0.393 e. The number of hydrogen-bond acceptors (Lipinski definition) is 3. The van der Waals surface area contributed by atoms with Gasteiger partial charge in [0, 0.05) is 13.0 Å². The average Bonchev–Trinajstić information content (AvgIpc) is 2.34. The Morgan fingerprint density at radius 1 is 1.70 bits per heavy atom. The molecule has 0 fully saturated rings. The normalized spacial score (nSPS) is 9.60. The number of thiocarbonyl (C=S) groups is 1. The summed E-state index contributed by atoms with van der Waals surface area (Å²) < 4.78 is 1.69. The van der Waals surface area contributed by atoms with Crippen molar-refractivity contribution < 1.29 is 0 Å². The van der Waals surface area contributed by atoms with Crippen molar-refractivity contribution in [2.75, 3.05) is 0 Å². The SMILES string of the molecule is NC(=S)CCn1cncn1. The van der Waals surface area contributed by atoms with Crippen LogP contribution in [0.5, 0.6) is 0 Å². The van der Waals surface area contributed by atoms with Crippen LogP contribution in [0.25, 0.3) is 0 Å². The van der Waals surface area contributed by atoms with Crippen molar-refractivity contribution in [3.63, 3.8) is 0 Å². The summed E-state index contributed by atoms with van der Waals surface area (Å²) in [5, 5.41) is 3.88. The number of nitrogens with two attached hydrogens (primary N) is 1. The molecule has 0 saturated heterocycles. The standard InChI is InChI=1S/C5H8N4S/c6-5(10)1-2-9-4-7-3-8-9/h3-4H,1-2H2,(H2,6,10). The molecule has 10 heavy (non-hydrogen) atoms. The highest BCUT2D eigenvalue weighted by atomic mass is 32.1. The van der Waals surface area contributed by atoms with Gasteiger partial charge in [-0.25, -0.2) is 4.98 Å². The highest BCUT2D eigenvalue weighted by Gasteiger charge is 1.91. The van der Waals surface area contributed by atoms with Gasteiger partial charge in [-0.2, -0.15) is 5.10 Å². The number of aromatic nitrogens is 3. The van der Waals surface area contributed by atoms with E-state index in [1.165, 1.54) is 6.33 Å². The van der Waals surface area contributed by atoms with Gasteiger partial charge in [0.05, 0.1) is 4.99 Å². The predicted octanol–water partition coefficient (Wildman–Crippen LogP) is -0.0457. The molecule has 4 nitrogen and oxygen atoms in total. The summed E-state index contributed by atoms with van der Waals surface area (Å²) in [5.41, 5.74) is 5.28. The van der Waals surface area contributed by atoms with Crippen molar-refractivity contribution >= 4 is 17.2 Å². The van der Waals surface area contributed by atoms with Crippen LogP contribution in [0, 0.1) is 0 Å². The van der Waals surface area contributed by atoms with Gasteiger partial charge in [-0.3, -0.25) is 4.68 Å². The molecular formula is C5H8N4S. The third-order valence-corrected chi connectivity index (χ3v) is 1.26. The Balaban J connectivity index is 2.35. The highest BCUT2D eigenvalue weighted by Crippen LogP contribution is 1.85. The molecule has 0 spiro atoms. The molecular weight excluding hydrogens is 148 g/mol. The second kappa shape index (κ2) is 3.26. The van der Waals surface area contributed by atoms with Crippen LogP contribution in [0.2, 0.25) is 0 Å². The topological polar surface area (TPSA) is 56.7 Å². The van der Waals surface area contributed by atoms with Gasteiger partial charge in [0.25, 0.3) is 0 Å². The van der Waals surface area contributed by atoms with E-state index in [4.69, 9.17) is 5.73 Å². The Hall–Kier alpha value is -0.970. The van der Waals surface area contributed by atoms with Gasteiger partial charge in [-0.05, 0) is 0 Å².